The summed E-state index contributed by atoms with van der Waals surface area (Å²) in [5.74, 6) is 0.837. The molecule has 0 radical (unpaired) electrons. The van der Waals surface area contributed by atoms with Crippen LogP contribution in [0, 0.1) is 0 Å². The molecule has 1 rings (SSSR count). The number of Topliss-reactive ketones (excluding diaryl/α,β-unsaturated/α-hetero) is 1. The van der Waals surface area contributed by atoms with Gasteiger partial charge in [0.25, 0.3) is 0 Å². The Labute approximate surface area is 115 Å². The van der Waals surface area contributed by atoms with E-state index in [2.05, 4.69) is 6.92 Å². The number of ketones is 1. The van der Waals surface area contributed by atoms with Gasteiger partial charge in [0.15, 0.2) is 5.78 Å². The third-order valence-corrected chi connectivity index (χ3v) is 2.99. The average molecular weight is 264 g/mol. The van der Waals surface area contributed by atoms with Crippen LogP contribution in [-0.2, 0) is 4.74 Å². The van der Waals surface area contributed by atoms with Crippen LogP contribution in [0.3, 0.4) is 0 Å². The quantitative estimate of drug-likeness (QED) is 0.475. The first-order valence-corrected chi connectivity index (χ1v) is 7.03. The Kier molecular flexibility index (Phi) is 7.91. The van der Waals surface area contributed by atoms with Crippen LogP contribution < -0.4 is 4.74 Å². The summed E-state index contributed by atoms with van der Waals surface area (Å²) in [6, 6.07) is 7.44. The minimum atomic E-state index is 0.170. The van der Waals surface area contributed by atoms with Crippen molar-refractivity contribution < 1.29 is 14.3 Å². The first kappa shape index (κ1) is 15.7. The number of methoxy groups -OCH3 is 1. The fourth-order valence-corrected chi connectivity index (χ4v) is 1.90. The molecule has 1 aromatic rings. The van der Waals surface area contributed by atoms with Crippen molar-refractivity contribution in [1.29, 1.82) is 0 Å². The van der Waals surface area contributed by atoms with Gasteiger partial charge in [0, 0.05) is 13.5 Å². The number of unbranched alkanes of at least 4 members (excludes halogenated alkanes) is 3. The van der Waals surface area contributed by atoms with Gasteiger partial charge in [-0.2, -0.15) is 0 Å². The monoisotopic (exact) mass is 264 g/mol. The second kappa shape index (κ2) is 9.56. The Bertz CT molecular complexity index is 374. The molecule has 3 heteroatoms. The zero-order valence-corrected chi connectivity index (χ0v) is 12.0. The minimum absolute atomic E-state index is 0.170. The lowest BCUT2D eigenvalue weighted by molar-refractivity contribution is 0.0971. The van der Waals surface area contributed by atoms with E-state index in [-0.39, 0.29) is 5.78 Å². The standard InChI is InChI=1S/C16H24O3/c1-3-4-5-6-10-15(17)14-9-7-8-11-16(14)19-13-12-18-2/h7-9,11H,3-6,10,12-13H2,1-2H3. The summed E-state index contributed by atoms with van der Waals surface area (Å²) in [6.07, 6.45) is 5.06. The van der Waals surface area contributed by atoms with Gasteiger partial charge >= 0.3 is 0 Å². The van der Waals surface area contributed by atoms with Crippen molar-refractivity contribution in [2.75, 3.05) is 20.3 Å². The van der Waals surface area contributed by atoms with E-state index in [1.165, 1.54) is 12.8 Å². The molecule has 0 bridgehead atoms. The van der Waals surface area contributed by atoms with Crippen molar-refractivity contribution in [3.05, 3.63) is 29.8 Å². The average Bonchev–Trinajstić information content (AvgIpc) is 2.44. The Hall–Kier alpha value is -1.35. The second-order valence-corrected chi connectivity index (χ2v) is 4.57. The van der Waals surface area contributed by atoms with Crippen LogP contribution in [0.2, 0.25) is 0 Å². The van der Waals surface area contributed by atoms with Crippen LogP contribution in [0.5, 0.6) is 5.75 Å². The maximum atomic E-state index is 12.2. The summed E-state index contributed by atoms with van der Waals surface area (Å²) >= 11 is 0. The number of benzene rings is 1. The summed E-state index contributed by atoms with van der Waals surface area (Å²) in [5, 5.41) is 0. The molecule has 1 aromatic carbocycles. The lowest BCUT2D eigenvalue weighted by atomic mass is 10.0. The number of ether oxygens (including phenoxy) is 2. The lowest BCUT2D eigenvalue weighted by Crippen LogP contribution is -2.08. The van der Waals surface area contributed by atoms with Crippen molar-refractivity contribution in [1.82, 2.24) is 0 Å². The molecule has 106 valence electrons. The van der Waals surface area contributed by atoms with Crippen LogP contribution >= 0.6 is 0 Å². The van der Waals surface area contributed by atoms with Crippen LogP contribution in [0.1, 0.15) is 49.4 Å². The van der Waals surface area contributed by atoms with Gasteiger partial charge in [-0.05, 0) is 18.6 Å². The number of hydrogen-bond donors (Lipinski definition) is 0. The van der Waals surface area contributed by atoms with Crippen molar-refractivity contribution >= 4 is 5.78 Å². The van der Waals surface area contributed by atoms with E-state index in [0.717, 1.165) is 12.8 Å². The first-order valence-electron chi connectivity index (χ1n) is 7.03. The van der Waals surface area contributed by atoms with Crippen molar-refractivity contribution in [2.45, 2.75) is 39.0 Å². The smallest absolute Gasteiger partial charge is 0.166 e. The highest BCUT2D eigenvalue weighted by molar-refractivity contribution is 5.98. The maximum Gasteiger partial charge on any atom is 0.166 e. The summed E-state index contributed by atoms with van der Waals surface area (Å²) in [4.78, 5) is 12.2. The van der Waals surface area contributed by atoms with E-state index in [1.54, 1.807) is 7.11 Å². The zero-order chi connectivity index (χ0) is 13.9. The number of carbonyl (C=O) groups is 1. The summed E-state index contributed by atoms with van der Waals surface area (Å²) in [6.45, 7) is 3.16. The SMILES string of the molecule is CCCCCCC(=O)c1ccccc1OCCOC. The Morgan fingerprint density at radius 3 is 2.63 bits per heavy atom. The van der Waals surface area contributed by atoms with Gasteiger partial charge in [-0.1, -0.05) is 38.3 Å². The topological polar surface area (TPSA) is 35.5 Å². The lowest BCUT2D eigenvalue weighted by Gasteiger charge is -2.10. The Balaban J connectivity index is 2.52. The zero-order valence-electron chi connectivity index (χ0n) is 12.0. The molecule has 0 aliphatic carbocycles. The van der Waals surface area contributed by atoms with Gasteiger partial charge in [0.05, 0.1) is 12.2 Å². The highest BCUT2D eigenvalue weighted by Gasteiger charge is 2.11. The normalized spacial score (nSPS) is 10.4. The van der Waals surface area contributed by atoms with Crippen LogP contribution in [0.4, 0.5) is 0 Å². The third-order valence-electron chi connectivity index (χ3n) is 2.99. The van der Waals surface area contributed by atoms with Crippen LogP contribution in [0.25, 0.3) is 0 Å². The molecule has 19 heavy (non-hydrogen) atoms. The van der Waals surface area contributed by atoms with Gasteiger partial charge in [0.1, 0.15) is 12.4 Å². The molecular formula is C16H24O3. The maximum absolute atomic E-state index is 12.2. The number of para-hydroxylation sites is 1. The third kappa shape index (κ3) is 5.88. The number of hydrogen-bond acceptors (Lipinski definition) is 3. The van der Waals surface area contributed by atoms with E-state index in [1.807, 2.05) is 24.3 Å². The summed E-state index contributed by atoms with van der Waals surface area (Å²) in [5.41, 5.74) is 0.690. The van der Waals surface area contributed by atoms with Gasteiger partial charge < -0.3 is 9.47 Å². The number of carbonyl (C=O) groups excluding carboxylic acids is 1. The molecule has 0 atom stereocenters. The molecule has 0 aliphatic heterocycles. The fraction of sp³-hybridized carbons (Fsp3) is 0.562. The molecule has 0 unspecified atom stereocenters. The molecule has 3 nitrogen and oxygen atoms in total. The first-order chi connectivity index (χ1) is 9.29. The largest absolute Gasteiger partial charge is 0.490 e. The molecule has 0 fully saturated rings. The number of rotatable bonds is 10. The molecule has 0 saturated heterocycles. The van der Waals surface area contributed by atoms with Gasteiger partial charge in [-0.3, -0.25) is 4.79 Å². The van der Waals surface area contributed by atoms with E-state index >= 15 is 0 Å². The molecule has 0 saturated carbocycles. The highest BCUT2D eigenvalue weighted by atomic mass is 16.5. The van der Waals surface area contributed by atoms with Crippen molar-refractivity contribution in [3.63, 3.8) is 0 Å². The highest BCUT2D eigenvalue weighted by Crippen LogP contribution is 2.20. The summed E-state index contributed by atoms with van der Waals surface area (Å²) < 4.78 is 10.5. The van der Waals surface area contributed by atoms with Crippen molar-refractivity contribution in [2.24, 2.45) is 0 Å². The Morgan fingerprint density at radius 2 is 1.89 bits per heavy atom. The van der Waals surface area contributed by atoms with Crippen molar-refractivity contribution in [3.8, 4) is 5.75 Å². The van der Waals surface area contributed by atoms with Gasteiger partial charge in [-0.25, -0.2) is 0 Å². The van der Waals surface area contributed by atoms with E-state index in [4.69, 9.17) is 9.47 Å². The molecular weight excluding hydrogens is 240 g/mol. The minimum Gasteiger partial charge on any atom is -0.490 e. The van der Waals surface area contributed by atoms with Crippen LogP contribution in [-0.4, -0.2) is 26.1 Å². The second-order valence-electron chi connectivity index (χ2n) is 4.57. The van der Waals surface area contributed by atoms with E-state index in [0.29, 0.717) is 30.9 Å². The molecule has 0 spiro atoms. The van der Waals surface area contributed by atoms with Crippen LogP contribution in [0.15, 0.2) is 24.3 Å². The predicted molar refractivity (Wildman–Crippen MR) is 76.9 cm³/mol. The molecule has 0 amide bonds. The van der Waals surface area contributed by atoms with Gasteiger partial charge in [0.2, 0.25) is 0 Å². The predicted octanol–water partition coefficient (Wildman–Crippen LogP) is 3.86. The Morgan fingerprint density at radius 1 is 1.11 bits per heavy atom. The molecule has 0 heterocycles. The van der Waals surface area contributed by atoms with Gasteiger partial charge in [-0.15, -0.1) is 0 Å². The molecule has 0 aromatic heterocycles. The molecule has 0 aliphatic rings. The molecule has 0 N–H and O–H groups in total. The summed E-state index contributed by atoms with van der Waals surface area (Å²) in [7, 11) is 1.63. The van der Waals surface area contributed by atoms with E-state index < -0.39 is 0 Å². The van der Waals surface area contributed by atoms with E-state index in [9.17, 15) is 4.79 Å². The fourth-order valence-electron chi connectivity index (χ4n) is 1.90.